The number of hydrogen-bond acceptors (Lipinski definition) is 7. The quantitative estimate of drug-likeness (QED) is 0.186. The molecular weight excluding hydrogens is 426 g/mol. The minimum absolute atomic E-state index is 0.0285. The van der Waals surface area contributed by atoms with Crippen molar-refractivity contribution in [2.45, 2.75) is 70.1 Å². The second-order valence-electron chi connectivity index (χ2n) is 8.03. The summed E-state index contributed by atoms with van der Waals surface area (Å²) in [6, 6.07) is -4.87. The lowest BCUT2D eigenvalue weighted by Crippen LogP contribution is -2.58. The molecule has 0 aromatic rings. The van der Waals surface area contributed by atoms with Gasteiger partial charge in [0.15, 0.2) is 0 Å². The third-order valence-corrected chi connectivity index (χ3v) is 5.10. The number of nitrogens with one attached hydrogen (secondary N) is 2. The number of hydrogen-bond donors (Lipinski definition) is 6. The van der Waals surface area contributed by atoms with Gasteiger partial charge in [-0.05, 0) is 25.2 Å². The summed E-state index contributed by atoms with van der Waals surface area (Å²) in [4.78, 5) is 72.5. The van der Waals surface area contributed by atoms with Crippen molar-refractivity contribution in [1.82, 2.24) is 15.5 Å². The Morgan fingerprint density at radius 2 is 1.69 bits per heavy atom. The maximum Gasteiger partial charge on any atom is 0.326 e. The first-order valence-electron chi connectivity index (χ1n) is 10.2. The number of carboxylic acids is 2. The Kier molecular flexibility index (Phi) is 10.0. The molecule has 0 saturated carbocycles. The van der Waals surface area contributed by atoms with E-state index < -0.39 is 72.1 Å². The maximum absolute atomic E-state index is 12.8. The molecule has 13 heteroatoms. The van der Waals surface area contributed by atoms with Gasteiger partial charge in [-0.3, -0.25) is 24.0 Å². The van der Waals surface area contributed by atoms with Gasteiger partial charge in [0.25, 0.3) is 0 Å². The molecule has 0 radical (unpaired) electrons. The number of carbonyl (C=O) groups is 6. The molecule has 0 bridgehead atoms. The summed E-state index contributed by atoms with van der Waals surface area (Å²) in [6.07, 6.45) is -0.251. The van der Waals surface area contributed by atoms with E-state index in [4.69, 9.17) is 11.5 Å². The predicted molar refractivity (Wildman–Crippen MR) is 110 cm³/mol. The van der Waals surface area contributed by atoms with Crippen molar-refractivity contribution < 1.29 is 39.0 Å². The topological polar surface area (TPSA) is 222 Å². The minimum atomic E-state index is -1.51. The van der Waals surface area contributed by atoms with Crippen molar-refractivity contribution in [2.75, 3.05) is 6.54 Å². The van der Waals surface area contributed by atoms with Crippen molar-refractivity contribution in [1.29, 1.82) is 0 Å². The Morgan fingerprint density at radius 3 is 2.19 bits per heavy atom. The molecule has 4 unspecified atom stereocenters. The highest BCUT2D eigenvalue weighted by molar-refractivity contribution is 5.96. The number of nitrogens with zero attached hydrogens (tertiary/aromatic N) is 1. The summed E-state index contributed by atoms with van der Waals surface area (Å²) < 4.78 is 0. The van der Waals surface area contributed by atoms with Crippen molar-refractivity contribution in [3.05, 3.63) is 0 Å². The van der Waals surface area contributed by atoms with Crippen LogP contribution in [-0.4, -0.2) is 81.4 Å². The standard InChI is InChI=1S/C19H31N5O8/c1-9(2)15(23-16(28)10(20)5-6-13(21)25)17(29)22-11(8-14(26)27)18(30)24-7-3-4-12(24)19(31)32/h9-12,15H,3-8,20H2,1-2H3,(H2,21,25)(H,22,29)(H,23,28)(H,26,27)(H,31,32). The lowest BCUT2D eigenvalue weighted by Gasteiger charge is -2.29. The molecule has 0 aromatic heterocycles. The largest absolute Gasteiger partial charge is 0.481 e. The third kappa shape index (κ3) is 7.80. The molecule has 32 heavy (non-hydrogen) atoms. The summed E-state index contributed by atoms with van der Waals surface area (Å²) in [6.45, 7) is 3.36. The average molecular weight is 457 g/mol. The normalized spacial score (nSPS) is 18.5. The second-order valence-corrected chi connectivity index (χ2v) is 8.03. The average Bonchev–Trinajstić information content (AvgIpc) is 3.18. The summed E-state index contributed by atoms with van der Waals surface area (Å²) in [5.74, 6) is -6.03. The van der Waals surface area contributed by atoms with Gasteiger partial charge in [-0.25, -0.2) is 4.79 Å². The molecular formula is C19H31N5O8. The van der Waals surface area contributed by atoms with Gasteiger partial charge in [0.05, 0.1) is 12.5 Å². The van der Waals surface area contributed by atoms with E-state index in [0.717, 1.165) is 4.90 Å². The molecule has 1 fully saturated rings. The van der Waals surface area contributed by atoms with Crippen LogP contribution in [0.3, 0.4) is 0 Å². The molecule has 1 aliphatic heterocycles. The molecule has 1 heterocycles. The Hall–Kier alpha value is -3.22. The van der Waals surface area contributed by atoms with Gasteiger partial charge in [0, 0.05) is 13.0 Å². The maximum atomic E-state index is 12.8. The number of amides is 4. The second kappa shape index (κ2) is 12.0. The summed E-state index contributed by atoms with van der Waals surface area (Å²) in [5.41, 5.74) is 10.7. The molecule has 8 N–H and O–H groups in total. The van der Waals surface area contributed by atoms with Crippen LogP contribution in [0.15, 0.2) is 0 Å². The fourth-order valence-electron chi connectivity index (χ4n) is 3.35. The fraction of sp³-hybridized carbons (Fsp3) is 0.684. The van der Waals surface area contributed by atoms with Crippen molar-refractivity contribution >= 4 is 35.6 Å². The van der Waals surface area contributed by atoms with E-state index in [-0.39, 0.29) is 25.8 Å². The minimum Gasteiger partial charge on any atom is -0.481 e. The fourth-order valence-corrected chi connectivity index (χ4v) is 3.35. The monoisotopic (exact) mass is 457 g/mol. The van der Waals surface area contributed by atoms with Crippen LogP contribution in [0.5, 0.6) is 0 Å². The van der Waals surface area contributed by atoms with Gasteiger partial charge in [-0.2, -0.15) is 0 Å². The van der Waals surface area contributed by atoms with Crippen LogP contribution in [0.1, 0.15) is 46.0 Å². The van der Waals surface area contributed by atoms with Crippen molar-refractivity contribution in [3.8, 4) is 0 Å². The van der Waals surface area contributed by atoms with E-state index in [2.05, 4.69) is 10.6 Å². The van der Waals surface area contributed by atoms with Crippen LogP contribution in [0.2, 0.25) is 0 Å². The Morgan fingerprint density at radius 1 is 1.06 bits per heavy atom. The molecule has 1 rings (SSSR count). The zero-order valence-corrected chi connectivity index (χ0v) is 18.1. The highest BCUT2D eigenvalue weighted by Gasteiger charge is 2.39. The molecule has 0 aliphatic carbocycles. The van der Waals surface area contributed by atoms with Gasteiger partial charge >= 0.3 is 11.9 Å². The Labute approximate surface area is 184 Å². The molecule has 1 aliphatic rings. The zero-order chi connectivity index (χ0) is 24.6. The van der Waals surface area contributed by atoms with Crippen LogP contribution >= 0.6 is 0 Å². The molecule has 180 valence electrons. The summed E-state index contributed by atoms with van der Waals surface area (Å²) in [5, 5.41) is 23.2. The number of nitrogens with two attached hydrogens (primary N) is 2. The number of aliphatic carboxylic acids is 2. The number of carboxylic acid groups (broad SMARTS) is 2. The van der Waals surface area contributed by atoms with E-state index in [1.165, 1.54) is 0 Å². The van der Waals surface area contributed by atoms with Gasteiger partial charge in [0.2, 0.25) is 23.6 Å². The molecule has 4 atom stereocenters. The molecule has 4 amide bonds. The van der Waals surface area contributed by atoms with E-state index >= 15 is 0 Å². The van der Waals surface area contributed by atoms with Gasteiger partial charge < -0.3 is 37.2 Å². The van der Waals surface area contributed by atoms with E-state index in [1.807, 2.05) is 0 Å². The Bertz CT molecular complexity index is 756. The SMILES string of the molecule is CC(C)C(NC(=O)C(N)CCC(N)=O)C(=O)NC(CC(=O)O)C(=O)N1CCCC1C(=O)O. The van der Waals surface area contributed by atoms with Crippen LogP contribution in [0.25, 0.3) is 0 Å². The van der Waals surface area contributed by atoms with Crippen molar-refractivity contribution in [2.24, 2.45) is 17.4 Å². The molecule has 0 aromatic carbocycles. The summed E-state index contributed by atoms with van der Waals surface area (Å²) >= 11 is 0. The zero-order valence-electron chi connectivity index (χ0n) is 18.1. The van der Waals surface area contributed by atoms with E-state index in [0.29, 0.717) is 6.42 Å². The van der Waals surface area contributed by atoms with Crippen LogP contribution in [-0.2, 0) is 28.8 Å². The first kappa shape index (κ1) is 26.8. The number of likely N-dealkylation sites (tertiary alicyclic amines) is 1. The first-order chi connectivity index (χ1) is 14.8. The van der Waals surface area contributed by atoms with Gasteiger partial charge in [0.1, 0.15) is 18.1 Å². The number of carbonyl (C=O) groups excluding carboxylic acids is 4. The van der Waals surface area contributed by atoms with Crippen molar-refractivity contribution in [3.63, 3.8) is 0 Å². The third-order valence-electron chi connectivity index (χ3n) is 5.10. The van der Waals surface area contributed by atoms with Crippen LogP contribution < -0.4 is 22.1 Å². The lowest BCUT2D eigenvalue weighted by molar-refractivity contribution is -0.150. The molecule has 13 nitrogen and oxygen atoms in total. The number of rotatable bonds is 12. The highest BCUT2D eigenvalue weighted by Crippen LogP contribution is 2.19. The smallest absolute Gasteiger partial charge is 0.326 e. The molecule has 0 spiro atoms. The lowest BCUT2D eigenvalue weighted by atomic mass is 10.0. The number of primary amides is 1. The highest BCUT2D eigenvalue weighted by atomic mass is 16.4. The summed E-state index contributed by atoms with van der Waals surface area (Å²) in [7, 11) is 0. The van der Waals surface area contributed by atoms with Gasteiger partial charge in [-0.15, -0.1) is 0 Å². The first-order valence-corrected chi connectivity index (χ1v) is 10.2. The predicted octanol–water partition coefficient (Wildman–Crippen LogP) is -2.24. The van der Waals surface area contributed by atoms with E-state index in [9.17, 15) is 39.0 Å². The van der Waals surface area contributed by atoms with E-state index in [1.54, 1.807) is 13.8 Å². The molecule has 1 saturated heterocycles. The Balaban J connectivity index is 2.94. The van der Waals surface area contributed by atoms with Crippen LogP contribution in [0, 0.1) is 5.92 Å². The van der Waals surface area contributed by atoms with Gasteiger partial charge in [-0.1, -0.05) is 13.8 Å². The van der Waals surface area contributed by atoms with Crippen LogP contribution in [0.4, 0.5) is 0 Å².